The van der Waals surface area contributed by atoms with Gasteiger partial charge in [-0.15, -0.1) is 11.3 Å². The summed E-state index contributed by atoms with van der Waals surface area (Å²) in [5, 5.41) is 3.08. The number of thiazole rings is 1. The Morgan fingerprint density at radius 1 is 1.10 bits per heavy atom. The Labute approximate surface area is 129 Å². The van der Waals surface area contributed by atoms with E-state index in [1.54, 1.807) is 11.3 Å². The van der Waals surface area contributed by atoms with Crippen molar-refractivity contribution in [3.63, 3.8) is 0 Å². The van der Waals surface area contributed by atoms with Gasteiger partial charge >= 0.3 is 0 Å². The predicted molar refractivity (Wildman–Crippen MR) is 84.3 cm³/mol. The van der Waals surface area contributed by atoms with Crippen LogP contribution in [-0.4, -0.2) is 19.9 Å². The van der Waals surface area contributed by atoms with Gasteiger partial charge in [0.1, 0.15) is 16.7 Å². The third kappa shape index (κ3) is 3.75. The fraction of sp³-hybridized carbons (Fsp3) is 0.600. The molecule has 2 aromatic heterocycles. The third-order valence-corrected chi connectivity index (χ3v) is 4.88. The topological polar surface area (TPSA) is 77.6 Å². The van der Waals surface area contributed by atoms with Gasteiger partial charge in [-0.1, -0.05) is 25.7 Å². The van der Waals surface area contributed by atoms with Gasteiger partial charge in [-0.2, -0.15) is 9.97 Å². The van der Waals surface area contributed by atoms with Gasteiger partial charge < -0.3 is 5.73 Å². The number of aromatic nitrogens is 4. The first-order chi connectivity index (χ1) is 10.2. The van der Waals surface area contributed by atoms with Gasteiger partial charge in [-0.3, -0.25) is 0 Å². The van der Waals surface area contributed by atoms with Gasteiger partial charge in [-0.05, 0) is 19.8 Å². The lowest BCUT2D eigenvalue weighted by Gasteiger charge is -2.13. The van der Waals surface area contributed by atoms with Gasteiger partial charge in [0.2, 0.25) is 5.95 Å². The van der Waals surface area contributed by atoms with Crippen LogP contribution in [0.2, 0.25) is 0 Å². The molecule has 21 heavy (non-hydrogen) atoms. The van der Waals surface area contributed by atoms with E-state index in [1.807, 2.05) is 12.3 Å². The Hall–Kier alpha value is -1.56. The van der Waals surface area contributed by atoms with Crippen LogP contribution in [0.3, 0.4) is 0 Å². The van der Waals surface area contributed by atoms with Crippen molar-refractivity contribution in [1.29, 1.82) is 0 Å². The summed E-state index contributed by atoms with van der Waals surface area (Å²) in [5.41, 5.74) is 6.93. The normalized spacial score (nSPS) is 16.8. The highest BCUT2D eigenvalue weighted by Crippen LogP contribution is 2.29. The molecular formula is C15H21N5S. The summed E-state index contributed by atoms with van der Waals surface area (Å²) in [6, 6.07) is 0. The van der Waals surface area contributed by atoms with Gasteiger partial charge in [0.25, 0.3) is 0 Å². The van der Waals surface area contributed by atoms with Crippen molar-refractivity contribution in [2.75, 3.05) is 5.73 Å². The summed E-state index contributed by atoms with van der Waals surface area (Å²) in [5.74, 6) is 2.41. The number of nitrogens with two attached hydrogens (primary N) is 1. The SMILES string of the molecule is Cc1csc(Cc2nc(N)nc(C3CCCCCC3)n2)n1. The second-order valence-electron chi connectivity index (χ2n) is 5.72. The summed E-state index contributed by atoms with van der Waals surface area (Å²) in [4.78, 5) is 17.8. The predicted octanol–water partition coefficient (Wildman–Crippen LogP) is 3.25. The average Bonchev–Trinajstić information content (AvgIpc) is 2.71. The summed E-state index contributed by atoms with van der Waals surface area (Å²) in [6.07, 6.45) is 8.14. The third-order valence-electron chi connectivity index (χ3n) is 3.91. The van der Waals surface area contributed by atoms with Crippen molar-refractivity contribution < 1.29 is 0 Å². The van der Waals surface area contributed by atoms with Crippen molar-refractivity contribution in [2.24, 2.45) is 0 Å². The Bertz CT molecular complexity index is 602. The summed E-state index contributed by atoms with van der Waals surface area (Å²) >= 11 is 1.64. The van der Waals surface area contributed by atoms with Gasteiger partial charge in [0.15, 0.2) is 0 Å². The highest BCUT2D eigenvalue weighted by atomic mass is 32.1. The number of aryl methyl sites for hydroxylation is 1. The van der Waals surface area contributed by atoms with Crippen LogP contribution in [0.4, 0.5) is 5.95 Å². The van der Waals surface area contributed by atoms with Crippen LogP contribution in [0.5, 0.6) is 0 Å². The van der Waals surface area contributed by atoms with E-state index in [1.165, 1.54) is 38.5 Å². The minimum absolute atomic E-state index is 0.340. The number of nitrogens with zero attached hydrogens (tertiary/aromatic N) is 4. The molecule has 1 fully saturated rings. The van der Waals surface area contributed by atoms with E-state index < -0.39 is 0 Å². The van der Waals surface area contributed by atoms with E-state index in [4.69, 9.17) is 5.73 Å². The quantitative estimate of drug-likeness (QED) is 0.881. The summed E-state index contributed by atoms with van der Waals surface area (Å²) in [7, 11) is 0. The molecule has 0 atom stereocenters. The fourth-order valence-corrected chi connectivity index (χ4v) is 3.64. The van der Waals surface area contributed by atoms with Crippen LogP contribution in [0, 0.1) is 6.92 Å². The lowest BCUT2D eigenvalue weighted by Crippen LogP contribution is -2.11. The number of hydrogen-bond acceptors (Lipinski definition) is 6. The minimum Gasteiger partial charge on any atom is -0.368 e. The van der Waals surface area contributed by atoms with E-state index in [9.17, 15) is 0 Å². The largest absolute Gasteiger partial charge is 0.368 e. The highest BCUT2D eigenvalue weighted by molar-refractivity contribution is 7.09. The van der Waals surface area contributed by atoms with Crippen LogP contribution in [0.15, 0.2) is 5.38 Å². The van der Waals surface area contributed by atoms with Crippen molar-refractivity contribution in [1.82, 2.24) is 19.9 Å². The summed E-state index contributed by atoms with van der Waals surface area (Å²) < 4.78 is 0. The lowest BCUT2D eigenvalue weighted by atomic mass is 9.99. The molecular weight excluding hydrogens is 282 g/mol. The molecule has 2 heterocycles. The van der Waals surface area contributed by atoms with Crippen LogP contribution >= 0.6 is 11.3 Å². The molecule has 6 heteroatoms. The maximum absolute atomic E-state index is 5.88. The Kier molecular flexibility index (Phi) is 4.43. The van der Waals surface area contributed by atoms with Gasteiger partial charge in [0.05, 0.1) is 6.42 Å². The zero-order valence-corrected chi connectivity index (χ0v) is 13.2. The molecule has 2 N–H and O–H groups in total. The van der Waals surface area contributed by atoms with E-state index in [0.717, 1.165) is 22.4 Å². The molecule has 0 spiro atoms. The van der Waals surface area contributed by atoms with Crippen molar-refractivity contribution in [3.05, 3.63) is 27.7 Å². The standard InChI is InChI=1S/C15H21N5S/c1-10-9-21-13(17-10)8-12-18-14(20-15(16)19-12)11-6-4-2-3-5-7-11/h9,11H,2-8H2,1H3,(H2,16,18,19,20). The molecule has 2 aromatic rings. The van der Waals surface area contributed by atoms with Gasteiger partial charge in [-0.25, -0.2) is 9.97 Å². The summed E-state index contributed by atoms with van der Waals surface area (Å²) in [6.45, 7) is 2.00. The molecule has 0 amide bonds. The van der Waals surface area contributed by atoms with E-state index in [0.29, 0.717) is 18.3 Å². The smallest absolute Gasteiger partial charge is 0.223 e. The van der Waals surface area contributed by atoms with E-state index in [2.05, 4.69) is 19.9 Å². The van der Waals surface area contributed by atoms with Crippen LogP contribution < -0.4 is 5.73 Å². The molecule has 0 aliphatic heterocycles. The molecule has 0 radical (unpaired) electrons. The number of nitrogen functional groups attached to an aromatic ring is 1. The van der Waals surface area contributed by atoms with Gasteiger partial charge in [0, 0.05) is 17.0 Å². The Balaban J connectivity index is 1.81. The second-order valence-corrected chi connectivity index (χ2v) is 6.66. The fourth-order valence-electron chi connectivity index (χ4n) is 2.88. The van der Waals surface area contributed by atoms with E-state index >= 15 is 0 Å². The van der Waals surface area contributed by atoms with Crippen LogP contribution in [-0.2, 0) is 6.42 Å². The Morgan fingerprint density at radius 3 is 2.52 bits per heavy atom. The molecule has 1 aliphatic rings. The minimum atomic E-state index is 0.340. The van der Waals surface area contributed by atoms with Crippen molar-refractivity contribution in [3.8, 4) is 0 Å². The van der Waals surface area contributed by atoms with Crippen molar-refractivity contribution in [2.45, 2.75) is 57.8 Å². The first-order valence-electron chi connectivity index (χ1n) is 7.62. The first kappa shape index (κ1) is 14.4. The van der Waals surface area contributed by atoms with Crippen LogP contribution in [0.25, 0.3) is 0 Å². The second kappa shape index (κ2) is 6.47. The monoisotopic (exact) mass is 303 g/mol. The van der Waals surface area contributed by atoms with Crippen molar-refractivity contribution >= 4 is 17.3 Å². The maximum atomic E-state index is 5.88. The molecule has 0 bridgehead atoms. The molecule has 3 rings (SSSR count). The zero-order chi connectivity index (χ0) is 14.7. The highest BCUT2D eigenvalue weighted by Gasteiger charge is 2.19. The first-order valence-corrected chi connectivity index (χ1v) is 8.50. The lowest BCUT2D eigenvalue weighted by molar-refractivity contribution is 0.555. The van der Waals surface area contributed by atoms with Crippen LogP contribution in [0.1, 0.15) is 66.8 Å². The molecule has 0 saturated heterocycles. The zero-order valence-electron chi connectivity index (χ0n) is 12.4. The number of hydrogen-bond donors (Lipinski definition) is 1. The number of rotatable bonds is 3. The average molecular weight is 303 g/mol. The molecule has 0 unspecified atom stereocenters. The molecule has 5 nitrogen and oxygen atoms in total. The molecule has 1 saturated carbocycles. The maximum Gasteiger partial charge on any atom is 0.223 e. The molecule has 0 aromatic carbocycles. The Morgan fingerprint density at radius 2 is 1.86 bits per heavy atom. The molecule has 112 valence electrons. The number of anilines is 1. The van der Waals surface area contributed by atoms with E-state index in [-0.39, 0.29) is 0 Å². The molecule has 1 aliphatic carbocycles.